The van der Waals surface area contributed by atoms with Gasteiger partial charge in [0.25, 0.3) is 5.91 Å². The maximum absolute atomic E-state index is 13.4. The summed E-state index contributed by atoms with van der Waals surface area (Å²) < 4.78 is 45.4. The summed E-state index contributed by atoms with van der Waals surface area (Å²) in [7, 11) is 1.29. The minimum Gasteiger partial charge on any atom is -0.496 e. The summed E-state index contributed by atoms with van der Waals surface area (Å²) >= 11 is 0. The number of fused-ring (bicyclic) bond motifs is 1. The Labute approximate surface area is 247 Å². The second-order valence-corrected chi connectivity index (χ2v) is 10.7. The number of methoxy groups -OCH3 is 1. The lowest BCUT2D eigenvalue weighted by molar-refractivity contribution is -0.138. The molecule has 0 unspecified atom stereocenters. The fourth-order valence-electron chi connectivity index (χ4n) is 5.57. The van der Waals surface area contributed by atoms with E-state index < -0.39 is 17.7 Å². The van der Waals surface area contributed by atoms with Gasteiger partial charge in [0.15, 0.2) is 0 Å². The van der Waals surface area contributed by atoms with E-state index >= 15 is 0 Å². The summed E-state index contributed by atoms with van der Waals surface area (Å²) in [4.78, 5) is 35.9. The van der Waals surface area contributed by atoms with E-state index in [1.165, 1.54) is 18.7 Å². The van der Waals surface area contributed by atoms with E-state index in [9.17, 15) is 22.8 Å². The zero-order valence-electron chi connectivity index (χ0n) is 23.7. The Bertz CT molecular complexity index is 1620. The van der Waals surface area contributed by atoms with Crippen molar-refractivity contribution in [2.45, 2.75) is 50.6 Å². The molecule has 0 radical (unpaired) electrons. The molecule has 0 spiro atoms. The Kier molecular flexibility index (Phi) is 8.94. The first-order valence-corrected chi connectivity index (χ1v) is 14.3. The zero-order chi connectivity index (χ0) is 30.6. The number of piperidine rings is 1. The van der Waals surface area contributed by atoms with Crippen LogP contribution in [0.25, 0.3) is 22.3 Å². The molecule has 0 atom stereocenters. The summed E-state index contributed by atoms with van der Waals surface area (Å²) in [5.41, 5.74) is 3.07. The molecule has 4 aromatic rings. The Morgan fingerprint density at radius 2 is 1.70 bits per heavy atom. The Balaban J connectivity index is 1.44. The van der Waals surface area contributed by atoms with Gasteiger partial charge < -0.3 is 14.7 Å². The predicted octanol–water partition coefficient (Wildman–Crippen LogP) is 7.14. The third-order valence-electron chi connectivity index (χ3n) is 7.87. The number of rotatable bonds is 9. The third-order valence-corrected chi connectivity index (χ3v) is 7.87. The van der Waals surface area contributed by atoms with Crippen LogP contribution in [0.3, 0.4) is 0 Å². The van der Waals surface area contributed by atoms with Crippen LogP contribution in [0.15, 0.2) is 66.7 Å². The fourth-order valence-corrected chi connectivity index (χ4v) is 5.57. The minimum absolute atomic E-state index is 0.000893. The molecule has 1 amide bonds. The van der Waals surface area contributed by atoms with Gasteiger partial charge in [-0.15, -0.1) is 0 Å². The number of hydrogen-bond acceptors (Lipinski definition) is 5. The average Bonchev–Trinajstić information content (AvgIpc) is 3.01. The molecule has 7 nitrogen and oxygen atoms in total. The summed E-state index contributed by atoms with van der Waals surface area (Å²) in [6.07, 6.45) is -1.57. The van der Waals surface area contributed by atoms with Gasteiger partial charge in [-0.1, -0.05) is 30.3 Å². The number of nitrogens with zero attached hydrogens (tertiary/aromatic N) is 3. The van der Waals surface area contributed by atoms with Gasteiger partial charge in [0.2, 0.25) is 0 Å². The Hall–Kier alpha value is -4.47. The number of amides is 1. The van der Waals surface area contributed by atoms with Crippen molar-refractivity contribution in [3.05, 3.63) is 89.1 Å². The number of carboxylic acid groups (broad SMARTS) is 1. The molecule has 224 valence electrons. The van der Waals surface area contributed by atoms with E-state index in [1.54, 1.807) is 18.2 Å². The van der Waals surface area contributed by atoms with E-state index in [4.69, 9.17) is 19.8 Å². The van der Waals surface area contributed by atoms with Gasteiger partial charge >= 0.3 is 12.1 Å². The largest absolute Gasteiger partial charge is 0.496 e. The van der Waals surface area contributed by atoms with Crippen molar-refractivity contribution in [3.8, 4) is 17.0 Å². The first-order valence-electron chi connectivity index (χ1n) is 14.3. The molecule has 5 rings (SSSR count). The molecule has 0 aliphatic carbocycles. The average molecular weight is 592 g/mol. The molecule has 1 fully saturated rings. The molecule has 0 saturated carbocycles. The second-order valence-electron chi connectivity index (χ2n) is 10.7. The van der Waals surface area contributed by atoms with Gasteiger partial charge in [-0.2, -0.15) is 13.2 Å². The molecule has 0 bridgehead atoms. The van der Waals surface area contributed by atoms with Gasteiger partial charge in [-0.05, 0) is 80.0 Å². The van der Waals surface area contributed by atoms with Crippen molar-refractivity contribution in [2.75, 3.05) is 20.2 Å². The standard InChI is InChI=1S/C33H32F3N3O4/c1-43-29-20-24(33(34,35)36)12-13-25(29)31-27(9-5-6-10-30(40)41)37-28-19-23(11-14-26(28)38-31)32(42)39-17-15-22(16-18-39)21-7-3-2-4-8-21/h2-4,7-8,11-14,19-20,22H,5-6,9-10,15-18H2,1H3,(H,40,41). The number of likely N-dealkylation sites (tertiary alicyclic amines) is 1. The molecule has 1 aromatic heterocycles. The van der Waals surface area contributed by atoms with E-state index in [1.807, 2.05) is 23.1 Å². The first-order chi connectivity index (χ1) is 20.6. The van der Waals surface area contributed by atoms with Crippen molar-refractivity contribution in [3.63, 3.8) is 0 Å². The number of aryl methyl sites for hydroxylation is 1. The monoisotopic (exact) mass is 591 g/mol. The fraction of sp³-hybridized carbons (Fsp3) is 0.333. The van der Waals surface area contributed by atoms with Crippen LogP contribution in [-0.2, 0) is 17.4 Å². The van der Waals surface area contributed by atoms with Gasteiger partial charge in [-0.3, -0.25) is 9.59 Å². The van der Waals surface area contributed by atoms with Crippen LogP contribution in [0.1, 0.15) is 65.2 Å². The quantitative estimate of drug-likeness (QED) is 0.208. The molecule has 1 aliphatic rings. The number of aromatic nitrogens is 2. The molecular weight excluding hydrogens is 559 g/mol. The first kappa shape index (κ1) is 30.0. The minimum atomic E-state index is -4.54. The molecule has 1 N–H and O–H groups in total. The van der Waals surface area contributed by atoms with Gasteiger partial charge in [0.05, 0.1) is 35.1 Å². The van der Waals surface area contributed by atoms with E-state index in [2.05, 4.69) is 12.1 Å². The normalized spacial score (nSPS) is 14.2. The van der Waals surface area contributed by atoms with Gasteiger partial charge in [0, 0.05) is 30.6 Å². The number of carbonyl (C=O) groups excluding carboxylic acids is 1. The topological polar surface area (TPSA) is 92.6 Å². The Morgan fingerprint density at radius 3 is 2.37 bits per heavy atom. The highest BCUT2D eigenvalue weighted by Gasteiger charge is 2.32. The SMILES string of the molecule is COc1cc(C(F)(F)F)ccc1-c1nc2ccc(C(=O)N3CCC(c4ccccc4)CC3)cc2nc1CCCCC(=O)O. The van der Waals surface area contributed by atoms with E-state index in [0.29, 0.717) is 71.8 Å². The Morgan fingerprint density at radius 1 is 0.953 bits per heavy atom. The lowest BCUT2D eigenvalue weighted by atomic mass is 9.89. The van der Waals surface area contributed by atoms with Gasteiger partial charge in [0.1, 0.15) is 5.75 Å². The predicted molar refractivity (Wildman–Crippen MR) is 156 cm³/mol. The highest BCUT2D eigenvalue weighted by Crippen LogP contribution is 2.38. The number of alkyl halides is 3. The summed E-state index contributed by atoms with van der Waals surface area (Å²) in [6, 6.07) is 18.6. The molecular formula is C33H32F3N3O4. The number of carbonyl (C=O) groups is 2. The second kappa shape index (κ2) is 12.8. The smallest absolute Gasteiger partial charge is 0.416 e. The number of halogens is 3. The highest BCUT2D eigenvalue weighted by molar-refractivity contribution is 5.97. The molecule has 43 heavy (non-hydrogen) atoms. The number of ether oxygens (including phenoxy) is 1. The van der Waals surface area contributed by atoms with Crippen molar-refractivity contribution < 1.29 is 32.6 Å². The maximum Gasteiger partial charge on any atom is 0.416 e. The van der Waals surface area contributed by atoms with Crippen molar-refractivity contribution in [1.82, 2.24) is 14.9 Å². The van der Waals surface area contributed by atoms with Crippen LogP contribution in [-0.4, -0.2) is 52.1 Å². The number of unbranched alkanes of at least 4 members (excludes halogenated alkanes) is 1. The maximum atomic E-state index is 13.4. The number of benzene rings is 3. The van der Waals surface area contributed by atoms with Crippen LogP contribution in [0.2, 0.25) is 0 Å². The third kappa shape index (κ3) is 6.96. The van der Waals surface area contributed by atoms with Crippen LogP contribution in [0.4, 0.5) is 13.2 Å². The van der Waals surface area contributed by atoms with Crippen molar-refractivity contribution in [1.29, 1.82) is 0 Å². The van der Waals surface area contributed by atoms with Crippen LogP contribution >= 0.6 is 0 Å². The molecule has 3 aromatic carbocycles. The number of carboxylic acids is 1. The van der Waals surface area contributed by atoms with Crippen molar-refractivity contribution >= 4 is 22.9 Å². The number of hydrogen-bond donors (Lipinski definition) is 1. The molecule has 2 heterocycles. The van der Waals surface area contributed by atoms with Crippen LogP contribution < -0.4 is 4.74 Å². The lowest BCUT2D eigenvalue weighted by Gasteiger charge is -2.32. The van der Waals surface area contributed by atoms with Crippen molar-refractivity contribution in [2.24, 2.45) is 0 Å². The molecule has 1 aliphatic heterocycles. The molecule has 1 saturated heterocycles. The summed E-state index contributed by atoms with van der Waals surface area (Å²) in [5, 5.41) is 9.03. The van der Waals surface area contributed by atoms with E-state index in [-0.39, 0.29) is 18.1 Å². The lowest BCUT2D eigenvalue weighted by Crippen LogP contribution is -2.37. The summed E-state index contributed by atoms with van der Waals surface area (Å²) in [6.45, 7) is 1.28. The van der Waals surface area contributed by atoms with E-state index in [0.717, 1.165) is 25.0 Å². The van der Waals surface area contributed by atoms with Crippen LogP contribution in [0, 0.1) is 0 Å². The van der Waals surface area contributed by atoms with Gasteiger partial charge in [-0.25, -0.2) is 9.97 Å². The molecule has 10 heteroatoms. The highest BCUT2D eigenvalue weighted by atomic mass is 19.4. The summed E-state index contributed by atoms with van der Waals surface area (Å²) in [5.74, 6) is -0.588. The number of aliphatic carboxylic acids is 1. The zero-order valence-corrected chi connectivity index (χ0v) is 23.7. The van der Waals surface area contributed by atoms with Crippen LogP contribution in [0.5, 0.6) is 5.75 Å².